The molecule has 0 bridgehead atoms. The number of hydrogen-bond acceptors (Lipinski definition) is 5. The minimum atomic E-state index is -0.559. The largest absolute Gasteiger partial charge is 0.396 e. The zero-order chi connectivity index (χ0) is 20.0. The van der Waals surface area contributed by atoms with Crippen molar-refractivity contribution < 1.29 is 15.0 Å². The number of rotatable bonds is 5. The standard InChI is InChI=1S/C21H32N2O3S/c1-6-9-23(5)18(26)10-14-19-15(27-13(2)22-19)11-16-20(14,3)8-7-17(25)21(16,4)12-24/h6,14,16-17,24-25H,1,7-12H2,2-5H3/t14-,16+,17-,20+,21+/m1/s1. The lowest BCUT2D eigenvalue weighted by molar-refractivity contribution is -0.146. The minimum absolute atomic E-state index is 0.00865. The van der Waals surface area contributed by atoms with Crippen LogP contribution in [0.15, 0.2) is 12.7 Å². The molecule has 1 heterocycles. The Morgan fingerprint density at radius 3 is 2.81 bits per heavy atom. The van der Waals surface area contributed by atoms with Gasteiger partial charge in [-0.05, 0) is 37.5 Å². The van der Waals surface area contributed by atoms with Gasteiger partial charge in [0.05, 0.1) is 23.4 Å². The van der Waals surface area contributed by atoms with Crippen molar-refractivity contribution in [2.75, 3.05) is 20.2 Å². The van der Waals surface area contributed by atoms with Crippen LogP contribution < -0.4 is 0 Å². The first kappa shape index (κ1) is 20.5. The van der Waals surface area contributed by atoms with Crippen molar-refractivity contribution in [3.63, 3.8) is 0 Å². The second kappa shape index (κ2) is 7.30. The minimum Gasteiger partial charge on any atom is -0.396 e. The molecule has 1 saturated carbocycles. The normalized spacial score (nSPS) is 35.3. The lowest BCUT2D eigenvalue weighted by atomic mass is 9.47. The Bertz CT molecular complexity index is 733. The van der Waals surface area contributed by atoms with Gasteiger partial charge >= 0.3 is 0 Å². The molecule has 0 aliphatic heterocycles. The van der Waals surface area contributed by atoms with Gasteiger partial charge in [0.2, 0.25) is 5.91 Å². The third kappa shape index (κ3) is 3.26. The number of carbonyl (C=O) groups is 1. The maximum atomic E-state index is 12.9. The summed E-state index contributed by atoms with van der Waals surface area (Å²) in [5.41, 5.74) is 0.333. The van der Waals surface area contributed by atoms with Gasteiger partial charge in [-0.1, -0.05) is 19.9 Å². The third-order valence-corrected chi connectivity index (χ3v) is 8.22. The Hall–Kier alpha value is -1.24. The number of carbonyl (C=O) groups excluding carboxylic acids is 1. The zero-order valence-electron chi connectivity index (χ0n) is 16.9. The van der Waals surface area contributed by atoms with Crippen molar-refractivity contribution in [2.45, 2.75) is 58.5 Å². The average molecular weight is 393 g/mol. The molecular formula is C21H32N2O3S. The quantitative estimate of drug-likeness (QED) is 0.756. The SMILES string of the molecule is C=CCN(C)C(=O)C[C@@H]1c2nc(C)sc2C[C@@H]2[C@](C)(CO)[C@H](O)CC[C@]21C. The van der Waals surface area contributed by atoms with E-state index in [1.807, 2.05) is 20.9 Å². The highest BCUT2D eigenvalue weighted by Crippen LogP contribution is 2.62. The van der Waals surface area contributed by atoms with Crippen LogP contribution in [0.5, 0.6) is 0 Å². The highest BCUT2D eigenvalue weighted by atomic mass is 32.1. The first-order chi connectivity index (χ1) is 12.7. The van der Waals surface area contributed by atoms with Gasteiger partial charge in [0.25, 0.3) is 0 Å². The summed E-state index contributed by atoms with van der Waals surface area (Å²) < 4.78 is 0. The predicted octanol–water partition coefficient (Wildman–Crippen LogP) is 2.90. The summed E-state index contributed by atoms with van der Waals surface area (Å²) in [6, 6.07) is 0. The summed E-state index contributed by atoms with van der Waals surface area (Å²) in [5, 5.41) is 21.9. The summed E-state index contributed by atoms with van der Waals surface area (Å²) >= 11 is 1.69. The van der Waals surface area contributed by atoms with E-state index in [0.717, 1.165) is 23.5 Å². The molecule has 150 valence electrons. The Labute approximate surface area is 166 Å². The molecule has 2 aliphatic rings. The number of aryl methyl sites for hydroxylation is 1. The summed E-state index contributed by atoms with van der Waals surface area (Å²) in [5.74, 6) is 0.221. The summed E-state index contributed by atoms with van der Waals surface area (Å²) in [6.45, 7) is 10.5. The molecule has 1 aromatic heterocycles. The van der Waals surface area contributed by atoms with Gasteiger partial charge in [0.1, 0.15) is 0 Å². The van der Waals surface area contributed by atoms with Gasteiger partial charge in [0, 0.05) is 36.2 Å². The lowest BCUT2D eigenvalue weighted by Gasteiger charge is -2.58. The Morgan fingerprint density at radius 2 is 2.19 bits per heavy atom. The van der Waals surface area contributed by atoms with Crippen molar-refractivity contribution in [1.82, 2.24) is 9.88 Å². The predicted molar refractivity (Wildman–Crippen MR) is 108 cm³/mol. The van der Waals surface area contributed by atoms with Crippen LogP contribution in [-0.4, -0.2) is 52.3 Å². The lowest BCUT2D eigenvalue weighted by Crippen LogP contribution is -2.57. The number of aliphatic hydroxyl groups excluding tert-OH is 2. The molecule has 0 unspecified atom stereocenters. The van der Waals surface area contributed by atoms with Crippen molar-refractivity contribution in [1.29, 1.82) is 0 Å². The molecule has 0 spiro atoms. The van der Waals surface area contributed by atoms with Crippen molar-refractivity contribution in [3.05, 3.63) is 28.2 Å². The van der Waals surface area contributed by atoms with Crippen molar-refractivity contribution in [2.24, 2.45) is 16.7 Å². The van der Waals surface area contributed by atoms with Gasteiger partial charge in [-0.2, -0.15) is 0 Å². The first-order valence-corrected chi connectivity index (χ1v) is 10.6. The molecule has 27 heavy (non-hydrogen) atoms. The van der Waals surface area contributed by atoms with E-state index in [1.165, 1.54) is 4.88 Å². The van der Waals surface area contributed by atoms with Crippen LogP contribution in [0.1, 0.15) is 54.6 Å². The molecule has 0 aromatic carbocycles. The number of nitrogens with zero attached hydrogens (tertiary/aromatic N) is 2. The molecule has 6 heteroatoms. The number of hydrogen-bond donors (Lipinski definition) is 2. The van der Waals surface area contributed by atoms with Crippen LogP contribution in [0.25, 0.3) is 0 Å². The van der Waals surface area contributed by atoms with Gasteiger partial charge in [-0.15, -0.1) is 17.9 Å². The molecule has 2 aliphatic carbocycles. The molecule has 5 atom stereocenters. The van der Waals surface area contributed by atoms with E-state index in [4.69, 9.17) is 4.98 Å². The molecule has 0 radical (unpaired) electrons. The summed E-state index contributed by atoms with van der Waals surface area (Å²) in [7, 11) is 1.81. The van der Waals surface area contributed by atoms with Crippen LogP contribution in [0.3, 0.4) is 0 Å². The van der Waals surface area contributed by atoms with Crippen LogP contribution in [0, 0.1) is 23.7 Å². The fraction of sp³-hybridized carbons (Fsp3) is 0.714. The topological polar surface area (TPSA) is 73.7 Å². The number of thiazole rings is 1. The monoisotopic (exact) mass is 392 g/mol. The number of amides is 1. The van der Waals surface area contributed by atoms with Crippen LogP contribution in [0.2, 0.25) is 0 Å². The second-order valence-corrected chi connectivity index (χ2v) is 10.1. The van der Waals surface area contributed by atoms with E-state index in [1.54, 1.807) is 22.3 Å². The van der Waals surface area contributed by atoms with E-state index in [2.05, 4.69) is 13.5 Å². The van der Waals surface area contributed by atoms with Crippen LogP contribution in [0.4, 0.5) is 0 Å². The van der Waals surface area contributed by atoms with Gasteiger partial charge in [-0.25, -0.2) is 4.98 Å². The molecule has 5 nitrogen and oxygen atoms in total. The van der Waals surface area contributed by atoms with E-state index < -0.39 is 11.5 Å². The Kier molecular flexibility index (Phi) is 5.54. The van der Waals surface area contributed by atoms with E-state index in [-0.39, 0.29) is 29.8 Å². The first-order valence-electron chi connectivity index (χ1n) is 9.77. The van der Waals surface area contributed by atoms with Crippen molar-refractivity contribution >= 4 is 17.2 Å². The molecule has 1 amide bonds. The zero-order valence-corrected chi connectivity index (χ0v) is 17.7. The third-order valence-electron chi connectivity index (χ3n) is 7.21. The van der Waals surface area contributed by atoms with Gasteiger partial charge in [0.15, 0.2) is 0 Å². The average Bonchev–Trinajstić information content (AvgIpc) is 3.00. The summed E-state index contributed by atoms with van der Waals surface area (Å²) in [6.07, 6.45) is 3.94. The second-order valence-electron chi connectivity index (χ2n) is 8.84. The number of aliphatic hydroxyl groups is 2. The Balaban J connectivity index is 2.04. The smallest absolute Gasteiger partial charge is 0.223 e. The van der Waals surface area contributed by atoms with E-state index >= 15 is 0 Å². The molecule has 0 saturated heterocycles. The fourth-order valence-corrected chi connectivity index (χ4v) is 6.44. The Morgan fingerprint density at radius 1 is 1.48 bits per heavy atom. The van der Waals surface area contributed by atoms with Crippen LogP contribution in [-0.2, 0) is 11.2 Å². The highest BCUT2D eigenvalue weighted by Gasteiger charge is 2.59. The molecule has 3 rings (SSSR count). The molecule has 1 fully saturated rings. The van der Waals surface area contributed by atoms with Crippen molar-refractivity contribution in [3.8, 4) is 0 Å². The number of aromatic nitrogens is 1. The van der Waals surface area contributed by atoms with E-state index in [0.29, 0.717) is 19.4 Å². The van der Waals surface area contributed by atoms with Crippen LogP contribution >= 0.6 is 11.3 Å². The highest BCUT2D eigenvalue weighted by molar-refractivity contribution is 7.11. The number of fused-ring (bicyclic) bond motifs is 2. The fourth-order valence-electron chi connectivity index (χ4n) is 5.39. The molecule has 1 aromatic rings. The van der Waals surface area contributed by atoms with Gasteiger partial charge < -0.3 is 15.1 Å². The van der Waals surface area contributed by atoms with E-state index in [9.17, 15) is 15.0 Å². The molecule has 2 N–H and O–H groups in total. The number of likely N-dealkylation sites (N-methyl/N-ethyl adjacent to an activating group) is 1. The molecular weight excluding hydrogens is 360 g/mol. The summed E-state index contributed by atoms with van der Waals surface area (Å²) in [4.78, 5) is 20.6. The van der Waals surface area contributed by atoms with Gasteiger partial charge in [-0.3, -0.25) is 4.79 Å². The maximum Gasteiger partial charge on any atom is 0.223 e. The maximum absolute atomic E-state index is 12.9.